The van der Waals surface area contributed by atoms with Gasteiger partial charge in [-0.25, -0.2) is 9.48 Å². The van der Waals surface area contributed by atoms with Crippen LogP contribution in [0, 0.1) is 0 Å². The maximum atomic E-state index is 12.2. The molecule has 1 unspecified atom stereocenters. The lowest BCUT2D eigenvalue weighted by molar-refractivity contribution is 0.186. The van der Waals surface area contributed by atoms with Gasteiger partial charge in [0.1, 0.15) is 0 Å². The van der Waals surface area contributed by atoms with Crippen LogP contribution in [0.4, 0.5) is 0 Å². The number of rotatable bonds is 4. The Morgan fingerprint density at radius 2 is 2.30 bits per heavy atom. The summed E-state index contributed by atoms with van der Waals surface area (Å²) in [6, 6.07) is 6.17. The van der Waals surface area contributed by atoms with Crippen molar-refractivity contribution in [1.29, 1.82) is 0 Å². The van der Waals surface area contributed by atoms with Gasteiger partial charge in [-0.15, -0.1) is 5.10 Å². The summed E-state index contributed by atoms with van der Waals surface area (Å²) in [5, 5.41) is 7.70. The zero-order chi connectivity index (χ0) is 13.9. The molecule has 0 amide bonds. The van der Waals surface area contributed by atoms with E-state index in [-0.39, 0.29) is 5.69 Å². The summed E-state index contributed by atoms with van der Waals surface area (Å²) in [5.41, 5.74) is 0.659. The highest BCUT2D eigenvalue weighted by molar-refractivity contribution is 5.35. The van der Waals surface area contributed by atoms with Gasteiger partial charge in [0.15, 0.2) is 5.65 Å². The Kier molecular flexibility index (Phi) is 3.84. The number of likely N-dealkylation sites (tertiary alicyclic amines) is 1. The maximum absolute atomic E-state index is 12.2. The Labute approximate surface area is 118 Å². The van der Waals surface area contributed by atoms with Gasteiger partial charge in [0.05, 0.1) is 6.54 Å². The third-order valence-electron chi connectivity index (χ3n) is 4.03. The van der Waals surface area contributed by atoms with Crippen LogP contribution in [0.1, 0.15) is 12.8 Å². The lowest BCUT2D eigenvalue weighted by atomic mass is 10.1. The molecule has 1 aliphatic rings. The van der Waals surface area contributed by atoms with Gasteiger partial charge in [0.2, 0.25) is 0 Å². The van der Waals surface area contributed by atoms with Crippen LogP contribution in [0.5, 0.6) is 0 Å². The Bertz CT molecular complexity index is 632. The van der Waals surface area contributed by atoms with Crippen LogP contribution in [-0.4, -0.2) is 51.8 Å². The Morgan fingerprint density at radius 3 is 3.10 bits per heavy atom. The van der Waals surface area contributed by atoms with E-state index in [9.17, 15) is 4.79 Å². The van der Waals surface area contributed by atoms with Crippen molar-refractivity contribution in [3.05, 3.63) is 34.9 Å². The fourth-order valence-electron chi connectivity index (χ4n) is 2.84. The van der Waals surface area contributed by atoms with Gasteiger partial charge in [-0.2, -0.15) is 0 Å². The first-order valence-corrected chi connectivity index (χ1v) is 7.22. The van der Waals surface area contributed by atoms with Crippen molar-refractivity contribution in [3.8, 4) is 0 Å². The summed E-state index contributed by atoms with van der Waals surface area (Å²) in [6.45, 7) is 3.69. The molecule has 2 aromatic heterocycles. The summed E-state index contributed by atoms with van der Waals surface area (Å²) in [4.78, 5) is 14.6. The summed E-state index contributed by atoms with van der Waals surface area (Å²) >= 11 is 0. The molecule has 0 aliphatic carbocycles. The van der Waals surface area contributed by atoms with Gasteiger partial charge < -0.3 is 5.32 Å². The lowest BCUT2D eigenvalue weighted by Crippen LogP contribution is -2.45. The zero-order valence-corrected chi connectivity index (χ0v) is 11.8. The normalized spacial score (nSPS) is 20.6. The van der Waals surface area contributed by atoms with Gasteiger partial charge in [0.25, 0.3) is 0 Å². The number of hydrogen-bond donors (Lipinski definition) is 1. The number of fused-ring (bicyclic) bond motifs is 1. The molecule has 0 bridgehead atoms. The largest absolute Gasteiger partial charge is 0.350 e. The minimum Gasteiger partial charge on any atom is -0.316 e. The van der Waals surface area contributed by atoms with Crippen molar-refractivity contribution in [2.45, 2.75) is 25.4 Å². The first-order valence-electron chi connectivity index (χ1n) is 7.22. The van der Waals surface area contributed by atoms with E-state index in [0.717, 1.165) is 19.6 Å². The molecule has 1 aliphatic heterocycles. The van der Waals surface area contributed by atoms with E-state index in [0.29, 0.717) is 18.2 Å². The molecule has 0 spiro atoms. The van der Waals surface area contributed by atoms with Crippen molar-refractivity contribution >= 4 is 5.65 Å². The number of pyridine rings is 1. The highest BCUT2D eigenvalue weighted by Gasteiger charge is 2.18. The number of piperidine rings is 1. The van der Waals surface area contributed by atoms with Crippen LogP contribution in [0.15, 0.2) is 29.2 Å². The van der Waals surface area contributed by atoms with Crippen LogP contribution < -0.4 is 11.0 Å². The van der Waals surface area contributed by atoms with E-state index < -0.39 is 0 Å². The molecule has 1 atom stereocenters. The molecular weight excluding hydrogens is 254 g/mol. The van der Waals surface area contributed by atoms with Crippen LogP contribution in [-0.2, 0) is 6.54 Å². The van der Waals surface area contributed by atoms with Crippen LogP contribution >= 0.6 is 0 Å². The molecule has 6 nitrogen and oxygen atoms in total. The second-order valence-electron chi connectivity index (χ2n) is 5.36. The number of hydrogen-bond acceptors (Lipinski definition) is 4. The second kappa shape index (κ2) is 5.76. The molecule has 20 heavy (non-hydrogen) atoms. The summed E-state index contributed by atoms with van der Waals surface area (Å²) < 4.78 is 3.16. The molecule has 2 aromatic rings. The standard InChI is InChI=1S/C14H21N5O/c1-15-12-5-4-7-17(11-12)9-10-19-14(20)18-8-3-2-6-13(18)16-19/h2-3,6,8,12,15H,4-5,7,9-11H2,1H3. The van der Waals surface area contributed by atoms with E-state index in [2.05, 4.69) is 15.3 Å². The fourth-order valence-corrected chi connectivity index (χ4v) is 2.84. The molecule has 6 heteroatoms. The number of nitrogens with one attached hydrogen (secondary N) is 1. The summed E-state index contributed by atoms with van der Waals surface area (Å²) in [5.74, 6) is 0. The van der Waals surface area contributed by atoms with Crippen molar-refractivity contribution in [2.24, 2.45) is 0 Å². The smallest absolute Gasteiger partial charge is 0.316 e. The maximum Gasteiger partial charge on any atom is 0.350 e. The summed E-state index contributed by atoms with van der Waals surface area (Å²) in [7, 11) is 2.01. The molecule has 0 saturated carbocycles. The first-order chi connectivity index (χ1) is 9.78. The minimum absolute atomic E-state index is 0.0530. The zero-order valence-electron chi connectivity index (χ0n) is 11.8. The van der Waals surface area contributed by atoms with E-state index in [1.54, 1.807) is 15.3 Å². The Balaban J connectivity index is 1.68. The van der Waals surface area contributed by atoms with E-state index >= 15 is 0 Å². The van der Waals surface area contributed by atoms with Crippen LogP contribution in [0.2, 0.25) is 0 Å². The number of likely N-dealkylation sites (N-methyl/N-ethyl adjacent to an activating group) is 1. The van der Waals surface area contributed by atoms with Gasteiger partial charge >= 0.3 is 5.69 Å². The number of aromatic nitrogens is 3. The van der Waals surface area contributed by atoms with Crippen molar-refractivity contribution in [2.75, 3.05) is 26.7 Å². The van der Waals surface area contributed by atoms with Crippen LogP contribution in [0.25, 0.3) is 5.65 Å². The van der Waals surface area contributed by atoms with Crippen LogP contribution in [0.3, 0.4) is 0 Å². The lowest BCUT2D eigenvalue weighted by Gasteiger charge is -2.32. The molecule has 1 N–H and O–H groups in total. The predicted octanol–water partition coefficient (Wildman–Crippen LogP) is 0.180. The number of nitrogens with zero attached hydrogens (tertiary/aromatic N) is 4. The molecule has 1 saturated heterocycles. The highest BCUT2D eigenvalue weighted by Crippen LogP contribution is 2.09. The fraction of sp³-hybridized carbons (Fsp3) is 0.571. The van der Waals surface area contributed by atoms with Crippen molar-refractivity contribution in [3.63, 3.8) is 0 Å². The van der Waals surface area contributed by atoms with Gasteiger partial charge in [-0.1, -0.05) is 6.07 Å². The van der Waals surface area contributed by atoms with E-state index in [1.165, 1.54) is 12.8 Å². The molecule has 0 aromatic carbocycles. The molecule has 0 radical (unpaired) electrons. The minimum atomic E-state index is -0.0530. The third-order valence-corrected chi connectivity index (χ3v) is 4.03. The van der Waals surface area contributed by atoms with E-state index in [4.69, 9.17) is 0 Å². The van der Waals surface area contributed by atoms with Gasteiger partial charge in [-0.05, 0) is 38.6 Å². The van der Waals surface area contributed by atoms with Crippen molar-refractivity contribution in [1.82, 2.24) is 24.4 Å². The Morgan fingerprint density at radius 1 is 1.40 bits per heavy atom. The summed E-state index contributed by atoms with van der Waals surface area (Å²) in [6.07, 6.45) is 4.21. The third kappa shape index (κ3) is 2.62. The predicted molar refractivity (Wildman–Crippen MR) is 78.0 cm³/mol. The second-order valence-corrected chi connectivity index (χ2v) is 5.36. The molecular formula is C14H21N5O. The Hall–Kier alpha value is -1.66. The van der Waals surface area contributed by atoms with Gasteiger partial charge in [-0.3, -0.25) is 9.30 Å². The average Bonchev–Trinajstić information content (AvgIpc) is 2.82. The quantitative estimate of drug-likeness (QED) is 0.865. The highest BCUT2D eigenvalue weighted by atomic mass is 16.2. The molecule has 3 rings (SSSR count). The monoisotopic (exact) mass is 275 g/mol. The molecule has 108 valence electrons. The van der Waals surface area contributed by atoms with E-state index in [1.807, 2.05) is 25.2 Å². The first kappa shape index (κ1) is 13.3. The SMILES string of the molecule is CNC1CCCN(CCn2nc3ccccn3c2=O)C1. The van der Waals surface area contributed by atoms with Crippen molar-refractivity contribution < 1.29 is 0 Å². The molecule has 3 heterocycles. The van der Waals surface area contributed by atoms with Gasteiger partial charge in [0, 0.05) is 25.3 Å². The average molecular weight is 275 g/mol. The topological polar surface area (TPSA) is 54.6 Å². The molecule has 1 fully saturated rings.